The Bertz CT molecular complexity index is 787. The minimum Gasteiger partial charge on any atom is -0.461 e. The van der Waals surface area contributed by atoms with Crippen LogP contribution in [0.2, 0.25) is 0 Å². The van der Waals surface area contributed by atoms with E-state index in [4.69, 9.17) is 14.2 Å². The molecular weight excluding hydrogens is 374 g/mol. The number of hydrogen-bond acceptors (Lipinski definition) is 7. The summed E-state index contributed by atoms with van der Waals surface area (Å²) in [4.78, 5) is 27.1. The third-order valence-corrected chi connectivity index (χ3v) is 9.16. The van der Waals surface area contributed by atoms with Crippen molar-refractivity contribution in [3.63, 3.8) is 0 Å². The SMILES string of the molecule is CCC1C2OC(=O)C(C)C2C2(O)CC(C3CC(C)C(=O)O3)N3CCCCC14OC324. The summed E-state index contributed by atoms with van der Waals surface area (Å²) in [6, 6.07) is -0.0759. The van der Waals surface area contributed by atoms with Gasteiger partial charge in [0.2, 0.25) is 0 Å². The molecule has 0 aromatic heterocycles. The lowest BCUT2D eigenvalue weighted by Crippen LogP contribution is -2.66. The molecule has 1 spiro atoms. The lowest BCUT2D eigenvalue weighted by molar-refractivity contribution is -0.156. The standard InChI is InChI=1S/C22H31NO6/c1-4-13-17-16(12(3)19(25)28-17)20(26)10-14(15-9-11(2)18(24)27-15)23-8-6-5-7-21(13)22(20,23)29-21/h11-17,26H,4-10H2,1-3H3. The summed E-state index contributed by atoms with van der Waals surface area (Å²) in [6.45, 7) is 6.76. The van der Waals surface area contributed by atoms with E-state index in [0.717, 1.165) is 32.2 Å². The smallest absolute Gasteiger partial charge is 0.309 e. The number of cyclic esters (lactones) is 1. The minimum atomic E-state index is -1.16. The number of fused-ring (bicyclic) bond motifs is 2. The zero-order valence-corrected chi connectivity index (χ0v) is 17.4. The maximum Gasteiger partial charge on any atom is 0.309 e. The number of aliphatic hydroxyl groups is 1. The first-order valence-electron chi connectivity index (χ1n) is 11.4. The molecule has 160 valence electrons. The molecule has 5 heterocycles. The Kier molecular flexibility index (Phi) is 3.55. The van der Waals surface area contributed by atoms with Crippen molar-refractivity contribution >= 4 is 11.9 Å². The van der Waals surface area contributed by atoms with E-state index in [1.165, 1.54) is 0 Å². The van der Waals surface area contributed by atoms with Crippen molar-refractivity contribution in [1.29, 1.82) is 0 Å². The van der Waals surface area contributed by atoms with Gasteiger partial charge in [-0.15, -0.1) is 0 Å². The van der Waals surface area contributed by atoms with Gasteiger partial charge in [0.25, 0.3) is 0 Å². The molecule has 5 saturated heterocycles. The van der Waals surface area contributed by atoms with Crippen LogP contribution < -0.4 is 0 Å². The van der Waals surface area contributed by atoms with E-state index in [2.05, 4.69) is 11.8 Å². The highest BCUT2D eigenvalue weighted by atomic mass is 16.7. The normalized spacial score (nSPS) is 58.1. The number of carbonyl (C=O) groups is 2. The highest BCUT2D eigenvalue weighted by Gasteiger charge is 2.93. The third kappa shape index (κ3) is 1.88. The van der Waals surface area contributed by atoms with Gasteiger partial charge in [0.15, 0.2) is 5.72 Å². The van der Waals surface area contributed by atoms with E-state index >= 15 is 0 Å². The van der Waals surface area contributed by atoms with Gasteiger partial charge in [-0.2, -0.15) is 0 Å². The molecular formula is C22H31NO6. The average Bonchev–Trinajstić information content (AvgIpc) is 3.06. The van der Waals surface area contributed by atoms with E-state index in [1.807, 2.05) is 13.8 Å². The number of nitrogens with zero attached hydrogens (tertiary/aromatic N) is 1. The molecule has 1 N–H and O–H groups in total. The van der Waals surface area contributed by atoms with Gasteiger partial charge in [-0.1, -0.05) is 20.8 Å². The molecule has 6 aliphatic rings. The average molecular weight is 405 g/mol. The van der Waals surface area contributed by atoms with Crippen molar-refractivity contribution in [3.05, 3.63) is 0 Å². The fraction of sp³-hybridized carbons (Fsp3) is 0.909. The Morgan fingerprint density at radius 1 is 1.17 bits per heavy atom. The molecule has 0 radical (unpaired) electrons. The summed E-state index contributed by atoms with van der Waals surface area (Å²) in [7, 11) is 0. The molecule has 10 atom stereocenters. The first-order valence-corrected chi connectivity index (χ1v) is 11.4. The van der Waals surface area contributed by atoms with E-state index in [9.17, 15) is 14.7 Å². The van der Waals surface area contributed by atoms with Crippen LogP contribution >= 0.6 is 0 Å². The number of carbonyl (C=O) groups excluding carboxylic acids is 2. The number of epoxide rings is 1. The predicted molar refractivity (Wildman–Crippen MR) is 100 cm³/mol. The maximum absolute atomic E-state index is 12.6. The highest BCUT2D eigenvalue weighted by molar-refractivity contribution is 5.76. The van der Waals surface area contributed by atoms with Gasteiger partial charge in [0.05, 0.1) is 17.9 Å². The highest BCUT2D eigenvalue weighted by Crippen LogP contribution is 2.76. The molecule has 0 amide bonds. The van der Waals surface area contributed by atoms with Crippen molar-refractivity contribution in [1.82, 2.24) is 4.90 Å². The molecule has 7 nitrogen and oxygen atoms in total. The van der Waals surface area contributed by atoms with Crippen LogP contribution in [0.25, 0.3) is 0 Å². The van der Waals surface area contributed by atoms with Crippen molar-refractivity contribution < 1.29 is 28.9 Å². The molecule has 5 aliphatic heterocycles. The monoisotopic (exact) mass is 405 g/mol. The minimum absolute atomic E-state index is 0.0759. The van der Waals surface area contributed by atoms with Crippen LogP contribution in [0.4, 0.5) is 0 Å². The van der Waals surface area contributed by atoms with E-state index in [1.54, 1.807) is 0 Å². The Labute approximate surface area is 171 Å². The van der Waals surface area contributed by atoms with Gasteiger partial charge in [-0.25, -0.2) is 0 Å². The number of rotatable bonds is 2. The largest absolute Gasteiger partial charge is 0.461 e. The summed E-state index contributed by atoms with van der Waals surface area (Å²) in [6.07, 6.45) is 4.42. The molecule has 0 bridgehead atoms. The second-order valence-corrected chi connectivity index (χ2v) is 10.3. The maximum atomic E-state index is 12.6. The zero-order chi connectivity index (χ0) is 20.3. The van der Waals surface area contributed by atoms with Gasteiger partial charge < -0.3 is 19.3 Å². The second-order valence-electron chi connectivity index (χ2n) is 10.3. The Morgan fingerprint density at radius 2 is 1.97 bits per heavy atom. The first kappa shape index (κ1) is 18.6. The van der Waals surface area contributed by atoms with Crippen LogP contribution in [0.3, 0.4) is 0 Å². The summed E-state index contributed by atoms with van der Waals surface area (Å²) in [5, 5.41) is 12.3. The number of esters is 2. The van der Waals surface area contributed by atoms with Gasteiger partial charge in [0.1, 0.15) is 23.4 Å². The summed E-state index contributed by atoms with van der Waals surface area (Å²) >= 11 is 0. The third-order valence-electron chi connectivity index (χ3n) is 9.16. The lowest BCUT2D eigenvalue weighted by Gasteiger charge is -2.48. The van der Waals surface area contributed by atoms with Crippen LogP contribution in [0.1, 0.15) is 59.3 Å². The number of hydrogen-bond donors (Lipinski definition) is 1. The number of ether oxygens (including phenoxy) is 3. The van der Waals surface area contributed by atoms with Crippen molar-refractivity contribution in [2.24, 2.45) is 23.7 Å². The Balaban J connectivity index is 1.49. The van der Waals surface area contributed by atoms with Crippen LogP contribution in [-0.4, -0.2) is 63.7 Å². The Hall–Kier alpha value is -1.18. The second kappa shape index (κ2) is 5.54. The van der Waals surface area contributed by atoms with Gasteiger partial charge in [-0.05, 0) is 32.1 Å². The molecule has 6 rings (SSSR count). The molecule has 7 heteroatoms. The Morgan fingerprint density at radius 3 is 2.66 bits per heavy atom. The predicted octanol–water partition coefficient (Wildman–Crippen LogP) is 1.61. The molecule has 10 unspecified atom stereocenters. The van der Waals surface area contributed by atoms with Crippen LogP contribution in [0.5, 0.6) is 0 Å². The summed E-state index contributed by atoms with van der Waals surface area (Å²) in [5.74, 6) is -1.01. The molecule has 29 heavy (non-hydrogen) atoms. The molecule has 0 aromatic carbocycles. The fourth-order valence-corrected chi connectivity index (χ4v) is 8.05. The molecule has 6 fully saturated rings. The van der Waals surface area contributed by atoms with Crippen LogP contribution in [0, 0.1) is 23.7 Å². The summed E-state index contributed by atoms with van der Waals surface area (Å²) in [5.41, 5.74) is -2.41. The zero-order valence-electron chi connectivity index (χ0n) is 17.4. The lowest BCUT2D eigenvalue weighted by atomic mass is 9.57. The quantitative estimate of drug-likeness (QED) is 0.551. The van der Waals surface area contributed by atoms with Gasteiger partial charge in [-0.3, -0.25) is 14.5 Å². The van der Waals surface area contributed by atoms with Crippen LogP contribution in [0.15, 0.2) is 0 Å². The van der Waals surface area contributed by atoms with Crippen molar-refractivity contribution in [3.8, 4) is 0 Å². The molecule has 0 aromatic rings. The topological polar surface area (TPSA) is 88.6 Å². The van der Waals surface area contributed by atoms with Crippen molar-refractivity contribution in [2.75, 3.05) is 6.54 Å². The summed E-state index contributed by atoms with van der Waals surface area (Å²) < 4.78 is 18.4. The van der Waals surface area contributed by atoms with E-state index < -0.39 is 16.9 Å². The van der Waals surface area contributed by atoms with Gasteiger partial charge >= 0.3 is 11.9 Å². The van der Waals surface area contributed by atoms with Crippen LogP contribution in [-0.2, 0) is 23.8 Å². The molecule has 1 saturated carbocycles. The first-order chi connectivity index (χ1) is 13.8. The molecule has 1 aliphatic carbocycles. The van der Waals surface area contributed by atoms with E-state index in [-0.39, 0.29) is 53.9 Å². The van der Waals surface area contributed by atoms with Crippen molar-refractivity contribution in [2.45, 2.75) is 94.5 Å². The van der Waals surface area contributed by atoms with Gasteiger partial charge in [0, 0.05) is 24.8 Å². The fourth-order valence-electron chi connectivity index (χ4n) is 8.05. The van der Waals surface area contributed by atoms with E-state index in [0.29, 0.717) is 12.8 Å².